The van der Waals surface area contributed by atoms with E-state index >= 15 is 0 Å². The second-order valence-corrected chi connectivity index (χ2v) is 15.3. The predicted octanol–water partition coefficient (Wildman–Crippen LogP) is 7.12. The van der Waals surface area contributed by atoms with Gasteiger partial charge in [-0.25, -0.2) is 18.4 Å². The Bertz CT molecular complexity index is 1670. The number of nitrogens with one attached hydrogen (secondary N) is 3. The van der Waals surface area contributed by atoms with E-state index in [-0.39, 0.29) is 18.4 Å². The van der Waals surface area contributed by atoms with E-state index in [1.165, 1.54) is 40.6 Å². The van der Waals surface area contributed by atoms with Crippen molar-refractivity contribution in [2.75, 3.05) is 21.7 Å². The van der Waals surface area contributed by atoms with Gasteiger partial charge in [-0.05, 0) is 83.5 Å². The molecule has 262 valence electrons. The summed E-state index contributed by atoms with van der Waals surface area (Å²) < 4.78 is 37.7. The summed E-state index contributed by atoms with van der Waals surface area (Å²) in [4.78, 5) is 52.5. The quantitative estimate of drug-likeness (QED) is 0.261. The first-order valence-electron chi connectivity index (χ1n) is 15.5. The van der Waals surface area contributed by atoms with E-state index in [1.54, 1.807) is 53.7 Å². The van der Waals surface area contributed by atoms with Gasteiger partial charge >= 0.3 is 12.2 Å². The summed E-state index contributed by atoms with van der Waals surface area (Å²) in [6, 6.07) is 16.5. The Morgan fingerprint density at radius 3 is 1.92 bits per heavy atom. The Morgan fingerprint density at radius 2 is 1.31 bits per heavy atom. The Balaban J connectivity index is 0.000000237. The highest BCUT2D eigenvalue weighted by molar-refractivity contribution is 7.99. The SMILES string of the molecule is CC(C)(C)OC(=O)NC1CSc2ccccc2N(Cc2cc(F)cc(F)c2)C1=O.CC(C)(C)OC(=O)NC1CSc2ccccc2NC1=O. The van der Waals surface area contributed by atoms with Crippen molar-refractivity contribution >= 4 is 58.9 Å². The minimum Gasteiger partial charge on any atom is -0.444 e. The van der Waals surface area contributed by atoms with Gasteiger partial charge in [-0.3, -0.25) is 9.59 Å². The summed E-state index contributed by atoms with van der Waals surface area (Å²) in [6.07, 6.45) is -1.27. The lowest BCUT2D eigenvalue weighted by Crippen LogP contribution is -2.50. The van der Waals surface area contributed by atoms with Crippen LogP contribution < -0.4 is 20.9 Å². The summed E-state index contributed by atoms with van der Waals surface area (Å²) in [5, 5.41) is 8.03. The Hall–Kier alpha value is -4.30. The zero-order valence-corrected chi connectivity index (χ0v) is 29.7. The molecule has 3 N–H and O–H groups in total. The number of hydrogen-bond donors (Lipinski definition) is 3. The molecule has 0 aromatic heterocycles. The Kier molecular flexibility index (Phi) is 12.2. The summed E-state index contributed by atoms with van der Waals surface area (Å²) in [6.45, 7) is 10.5. The third kappa shape index (κ3) is 11.4. The molecule has 5 rings (SSSR count). The first kappa shape index (κ1) is 37.5. The number of thioether (sulfide) groups is 2. The zero-order chi connectivity index (χ0) is 35.9. The van der Waals surface area contributed by atoms with E-state index in [0.717, 1.165) is 21.5 Å². The molecule has 10 nitrogen and oxygen atoms in total. The van der Waals surface area contributed by atoms with Crippen LogP contribution >= 0.6 is 23.5 Å². The predicted molar refractivity (Wildman–Crippen MR) is 187 cm³/mol. The van der Waals surface area contributed by atoms with Gasteiger partial charge in [0.25, 0.3) is 5.91 Å². The molecule has 0 spiro atoms. The molecular weight excluding hydrogens is 675 g/mol. The number of halogens is 2. The number of nitrogens with zero attached hydrogens (tertiary/aromatic N) is 1. The summed E-state index contributed by atoms with van der Waals surface area (Å²) in [5.41, 5.74) is 0.430. The smallest absolute Gasteiger partial charge is 0.408 e. The Morgan fingerprint density at radius 1 is 0.796 bits per heavy atom. The number of anilines is 2. The molecule has 4 amide bonds. The van der Waals surface area contributed by atoms with E-state index in [4.69, 9.17) is 9.47 Å². The molecular formula is C35H40F2N4O6S2. The average Bonchev–Trinajstić information content (AvgIpc) is 3.21. The van der Waals surface area contributed by atoms with Crippen LogP contribution in [0.25, 0.3) is 0 Å². The molecule has 2 unspecified atom stereocenters. The standard InChI is InChI=1S/C21H22F2N2O3S.C14H18N2O3S/c1-21(2,3)28-20(27)24-16-12-29-18-7-5-4-6-17(18)25(19(16)26)11-13-8-14(22)10-15(23)9-13;1-14(2,3)19-13(18)16-10-8-20-11-7-5-4-6-9(11)15-12(10)17/h4-10,16H,11-12H2,1-3H3,(H,24,27);4-7,10H,8H2,1-3H3,(H,15,17)(H,16,18). The number of alkyl carbamates (subject to hydrolysis) is 2. The van der Waals surface area contributed by atoms with E-state index in [0.29, 0.717) is 22.8 Å². The van der Waals surface area contributed by atoms with Crippen molar-refractivity contribution in [3.8, 4) is 0 Å². The van der Waals surface area contributed by atoms with Gasteiger partial charge in [0.2, 0.25) is 5.91 Å². The van der Waals surface area contributed by atoms with Crippen LogP contribution in [0.5, 0.6) is 0 Å². The lowest BCUT2D eigenvalue weighted by atomic mass is 10.1. The number of carbonyl (C=O) groups is 4. The van der Waals surface area contributed by atoms with Gasteiger partial charge in [0.15, 0.2) is 0 Å². The van der Waals surface area contributed by atoms with Crippen LogP contribution in [0, 0.1) is 11.6 Å². The molecule has 0 radical (unpaired) electrons. The number of ether oxygens (including phenoxy) is 2. The van der Waals surface area contributed by atoms with Crippen molar-refractivity contribution < 1.29 is 37.4 Å². The molecule has 14 heteroatoms. The lowest BCUT2D eigenvalue weighted by molar-refractivity contribution is -0.120. The molecule has 2 atom stereocenters. The number of amides is 4. The normalized spacial score (nSPS) is 17.5. The second kappa shape index (κ2) is 15.9. The molecule has 49 heavy (non-hydrogen) atoms. The van der Waals surface area contributed by atoms with Gasteiger partial charge in [-0.1, -0.05) is 24.3 Å². The molecule has 0 aliphatic carbocycles. The maximum atomic E-state index is 13.6. The number of benzene rings is 3. The molecule has 0 bridgehead atoms. The van der Waals surface area contributed by atoms with Gasteiger partial charge in [0.1, 0.15) is 34.9 Å². The first-order chi connectivity index (χ1) is 23.0. The van der Waals surface area contributed by atoms with Crippen LogP contribution in [-0.2, 0) is 25.6 Å². The van der Waals surface area contributed by atoms with E-state index in [2.05, 4.69) is 16.0 Å². The van der Waals surface area contributed by atoms with Crippen molar-refractivity contribution in [2.24, 2.45) is 0 Å². The van der Waals surface area contributed by atoms with Crippen molar-refractivity contribution in [3.05, 3.63) is 83.9 Å². The van der Waals surface area contributed by atoms with Gasteiger partial charge < -0.3 is 30.3 Å². The van der Waals surface area contributed by atoms with Crippen LogP contribution in [0.2, 0.25) is 0 Å². The molecule has 0 saturated heterocycles. The van der Waals surface area contributed by atoms with Crippen LogP contribution in [0.15, 0.2) is 76.5 Å². The van der Waals surface area contributed by atoms with Crippen LogP contribution in [0.1, 0.15) is 47.1 Å². The van der Waals surface area contributed by atoms with Crippen molar-refractivity contribution in [3.63, 3.8) is 0 Å². The van der Waals surface area contributed by atoms with E-state index < -0.39 is 47.1 Å². The van der Waals surface area contributed by atoms with Gasteiger partial charge in [-0.15, -0.1) is 23.5 Å². The first-order valence-corrected chi connectivity index (χ1v) is 17.4. The van der Waals surface area contributed by atoms with Crippen LogP contribution in [0.4, 0.5) is 29.7 Å². The van der Waals surface area contributed by atoms with Gasteiger partial charge in [0, 0.05) is 27.4 Å². The summed E-state index contributed by atoms with van der Waals surface area (Å²) in [5.74, 6) is -1.25. The topological polar surface area (TPSA) is 126 Å². The van der Waals surface area contributed by atoms with Gasteiger partial charge in [-0.2, -0.15) is 0 Å². The van der Waals surface area contributed by atoms with Crippen molar-refractivity contribution in [1.29, 1.82) is 0 Å². The molecule has 2 heterocycles. The number of hydrogen-bond acceptors (Lipinski definition) is 8. The zero-order valence-electron chi connectivity index (χ0n) is 28.1. The Labute approximate surface area is 293 Å². The molecule has 0 saturated carbocycles. The van der Waals surface area contributed by atoms with Crippen molar-refractivity contribution in [1.82, 2.24) is 10.6 Å². The fraction of sp³-hybridized carbons (Fsp3) is 0.371. The number of fused-ring (bicyclic) bond motifs is 2. The number of para-hydroxylation sites is 2. The highest BCUT2D eigenvalue weighted by atomic mass is 32.2. The van der Waals surface area contributed by atoms with Crippen LogP contribution in [-0.4, -0.2) is 58.8 Å². The molecule has 3 aromatic carbocycles. The molecule has 2 aliphatic rings. The van der Waals surface area contributed by atoms with E-state index in [9.17, 15) is 28.0 Å². The molecule has 3 aromatic rings. The maximum absolute atomic E-state index is 13.6. The summed E-state index contributed by atoms with van der Waals surface area (Å²) >= 11 is 2.95. The van der Waals surface area contributed by atoms with Crippen molar-refractivity contribution in [2.45, 2.75) is 81.2 Å². The summed E-state index contributed by atoms with van der Waals surface area (Å²) in [7, 11) is 0. The minimum absolute atomic E-state index is 0.0302. The molecule has 0 fully saturated rings. The highest BCUT2D eigenvalue weighted by Crippen LogP contribution is 2.35. The fourth-order valence-corrected chi connectivity index (χ4v) is 6.78. The third-order valence-corrected chi connectivity index (χ3v) is 8.96. The number of rotatable bonds is 4. The highest BCUT2D eigenvalue weighted by Gasteiger charge is 2.33. The second-order valence-electron chi connectivity index (χ2n) is 13.2. The third-order valence-electron chi connectivity index (χ3n) is 6.64. The van der Waals surface area contributed by atoms with E-state index in [1.807, 2.05) is 36.4 Å². The number of carbonyl (C=O) groups excluding carboxylic acids is 4. The largest absolute Gasteiger partial charge is 0.444 e. The maximum Gasteiger partial charge on any atom is 0.408 e. The average molecular weight is 715 g/mol. The minimum atomic E-state index is -0.847. The monoisotopic (exact) mass is 714 g/mol. The van der Waals surface area contributed by atoms with Crippen LogP contribution in [0.3, 0.4) is 0 Å². The lowest BCUT2D eigenvalue weighted by Gasteiger charge is -2.27. The fourth-order valence-electron chi connectivity index (χ4n) is 4.68. The van der Waals surface area contributed by atoms with Gasteiger partial charge in [0.05, 0.1) is 17.9 Å². The molecule has 2 aliphatic heterocycles.